The van der Waals surface area contributed by atoms with Crippen molar-refractivity contribution in [1.82, 2.24) is 0 Å². The van der Waals surface area contributed by atoms with Crippen molar-refractivity contribution in [1.29, 1.82) is 0 Å². The molecule has 0 radical (unpaired) electrons. The third kappa shape index (κ3) is 2.21. The minimum atomic E-state index is -0.177. The first-order chi connectivity index (χ1) is 6.15. The van der Waals surface area contributed by atoms with Gasteiger partial charge in [0.25, 0.3) is 0 Å². The maximum Gasteiger partial charge on any atom is 0.221 e. The molecule has 0 spiro atoms. The van der Waals surface area contributed by atoms with E-state index >= 15 is 0 Å². The van der Waals surface area contributed by atoms with Crippen LogP contribution in [0.5, 0.6) is 5.75 Å². The highest BCUT2D eigenvalue weighted by Gasteiger charge is 2.05. The van der Waals surface area contributed by atoms with E-state index < -0.39 is 0 Å². The molecular weight excluding hydrogens is 166 g/mol. The Morgan fingerprint density at radius 3 is 2.77 bits per heavy atom. The van der Waals surface area contributed by atoms with E-state index in [2.05, 4.69) is 5.32 Å². The Labute approximate surface area is 77.4 Å². The Kier molecular flexibility index (Phi) is 2.90. The second-order valence-electron chi connectivity index (χ2n) is 2.85. The molecule has 1 aromatic carbocycles. The number of aryl methyl sites for hydroxylation is 1. The summed E-state index contributed by atoms with van der Waals surface area (Å²) in [5, 5.41) is 12.2. The molecule has 13 heavy (non-hydrogen) atoms. The lowest BCUT2D eigenvalue weighted by Crippen LogP contribution is -2.06. The summed E-state index contributed by atoms with van der Waals surface area (Å²) in [6.07, 6.45) is 0.749. The average molecular weight is 179 g/mol. The second kappa shape index (κ2) is 3.94. The van der Waals surface area contributed by atoms with E-state index in [1.807, 2.05) is 19.1 Å². The van der Waals surface area contributed by atoms with Gasteiger partial charge in [-0.2, -0.15) is 0 Å². The fourth-order valence-corrected chi connectivity index (χ4v) is 1.17. The Bertz CT molecular complexity index is 321. The van der Waals surface area contributed by atoms with Crippen LogP contribution in [-0.4, -0.2) is 11.0 Å². The summed E-state index contributed by atoms with van der Waals surface area (Å²) in [5.41, 5.74) is 1.32. The molecule has 0 aliphatic rings. The topological polar surface area (TPSA) is 49.3 Å². The normalized spacial score (nSPS) is 9.69. The van der Waals surface area contributed by atoms with Crippen molar-refractivity contribution >= 4 is 11.6 Å². The van der Waals surface area contributed by atoms with Gasteiger partial charge in [-0.1, -0.05) is 19.1 Å². The van der Waals surface area contributed by atoms with Crippen LogP contribution in [0.15, 0.2) is 18.2 Å². The summed E-state index contributed by atoms with van der Waals surface area (Å²) < 4.78 is 0. The lowest BCUT2D eigenvalue weighted by atomic mass is 10.1. The molecule has 0 aliphatic heterocycles. The number of carbonyl (C=O) groups is 1. The van der Waals surface area contributed by atoms with Gasteiger partial charge in [0.1, 0.15) is 5.75 Å². The fourth-order valence-electron chi connectivity index (χ4n) is 1.17. The molecule has 1 aromatic rings. The molecule has 0 aromatic heterocycles. The van der Waals surface area contributed by atoms with Crippen molar-refractivity contribution in [3.05, 3.63) is 23.8 Å². The molecule has 0 heterocycles. The van der Waals surface area contributed by atoms with E-state index in [1.54, 1.807) is 6.07 Å². The van der Waals surface area contributed by atoms with Gasteiger partial charge in [-0.25, -0.2) is 0 Å². The van der Waals surface area contributed by atoms with Crippen LogP contribution < -0.4 is 5.32 Å². The quantitative estimate of drug-likeness (QED) is 0.681. The lowest BCUT2D eigenvalue weighted by molar-refractivity contribution is -0.114. The molecule has 3 nitrogen and oxygen atoms in total. The number of aromatic hydroxyl groups is 1. The molecule has 70 valence electrons. The summed E-state index contributed by atoms with van der Waals surface area (Å²) in [4.78, 5) is 10.7. The summed E-state index contributed by atoms with van der Waals surface area (Å²) in [5.74, 6) is -0.0104. The van der Waals surface area contributed by atoms with Crippen molar-refractivity contribution in [2.45, 2.75) is 20.3 Å². The largest absolute Gasteiger partial charge is 0.505 e. The first-order valence-corrected chi connectivity index (χ1v) is 4.23. The molecule has 3 heteroatoms. The number of hydrogen-bond acceptors (Lipinski definition) is 2. The van der Waals surface area contributed by atoms with E-state index in [1.165, 1.54) is 6.92 Å². The van der Waals surface area contributed by atoms with Gasteiger partial charge in [0.05, 0.1) is 5.69 Å². The number of para-hydroxylation sites is 1. The van der Waals surface area contributed by atoms with Crippen molar-refractivity contribution in [2.24, 2.45) is 0 Å². The van der Waals surface area contributed by atoms with E-state index in [0.29, 0.717) is 5.69 Å². The zero-order valence-electron chi connectivity index (χ0n) is 7.79. The van der Waals surface area contributed by atoms with Gasteiger partial charge in [-0.05, 0) is 18.1 Å². The molecule has 0 unspecified atom stereocenters. The van der Waals surface area contributed by atoms with Crippen LogP contribution in [0.2, 0.25) is 0 Å². The maximum atomic E-state index is 10.7. The number of rotatable bonds is 2. The molecule has 0 saturated heterocycles. The zero-order chi connectivity index (χ0) is 9.84. The van der Waals surface area contributed by atoms with Crippen LogP contribution in [0.3, 0.4) is 0 Å². The van der Waals surface area contributed by atoms with Crippen LogP contribution in [0.1, 0.15) is 19.4 Å². The van der Waals surface area contributed by atoms with Gasteiger partial charge in [0.2, 0.25) is 5.91 Å². The molecule has 2 N–H and O–H groups in total. The van der Waals surface area contributed by atoms with Crippen molar-refractivity contribution in [3.8, 4) is 5.75 Å². The summed E-state index contributed by atoms with van der Waals surface area (Å²) in [6.45, 7) is 3.37. The van der Waals surface area contributed by atoms with E-state index in [0.717, 1.165) is 12.0 Å². The third-order valence-electron chi connectivity index (χ3n) is 1.81. The first kappa shape index (κ1) is 9.58. The number of hydrogen-bond donors (Lipinski definition) is 2. The van der Waals surface area contributed by atoms with Crippen LogP contribution in [0, 0.1) is 0 Å². The molecule has 1 amide bonds. The summed E-state index contributed by atoms with van der Waals surface area (Å²) >= 11 is 0. The molecule has 0 saturated carbocycles. The standard InChI is InChI=1S/C10H13NO2/c1-3-8-5-4-6-9(10(8)13)11-7(2)12/h4-6,13H,3H2,1-2H3,(H,11,12). The number of nitrogens with one attached hydrogen (secondary N) is 1. The number of anilines is 1. The second-order valence-corrected chi connectivity index (χ2v) is 2.85. The van der Waals surface area contributed by atoms with Crippen LogP contribution in [0.25, 0.3) is 0 Å². The predicted octanol–water partition coefficient (Wildman–Crippen LogP) is 1.91. The van der Waals surface area contributed by atoms with E-state index in [9.17, 15) is 9.90 Å². The SMILES string of the molecule is CCc1cccc(NC(C)=O)c1O. The molecule has 0 aliphatic carbocycles. The molecule has 0 atom stereocenters. The Morgan fingerprint density at radius 1 is 1.54 bits per heavy atom. The Morgan fingerprint density at radius 2 is 2.23 bits per heavy atom. The van der Waals surface area contributed by atoms with Crippen molar-refractivity contribution in [2.75, 3.05) is 5.32 Å². The molecular formula is C10H13NO2. The number of benzene rings is 1. The highest BCUT2D eigenvalue weighted by molar-refractivity contribution is 5.90. The Hall–Kier alpha value is -1.51. The van der Waals surface area contributed by atoms with Gasteiger partial charge in [0, 0.05) is 6.92 Å². The monoisotopic (exact) mass is 179 g/mol. The summed E-state index contributed by atoms with van der Waals surface area (Å²) in [7, 11) is 0. The maximum absolute atomic E-state index is 10.7. The van der Waals surface area contributed by atoms with Crippen molar-refractivity contribution < 1.29 is 9.90 Å². The number of phenolic OH excluding ortho intramolecular Hbond substituents is 1. The lowest BCUT2D eigenvalue weighted by Gasteiger charge is -2.07. The highest BCUT2D eigenvalue weighted by Crippen LogP contribution is 2.27. The average Bonchev–Trinajstić information content (AvgIpc) is 2.08. The number of carbonyl (C=O) groups excluding carboxylic acids is 1. The third-order valence-corrected chi connectivity index (χ3v) is 1.81. The fraction of sp³-hybridized carbons (Fsp3) is 0.300. The summed E-state index contributed by atoms with van der Waals surface area (Å²) in [6, 6.07) is 5.32. The molecule has 0 fully saturated rings. The Balaban J connectivity index is 3.01. The zero-order valence-corrected chi connectivity index (χ0v) is 7.79. The highest BCUT2D eigenvalue weighted by atomic mass is 16.3. The number of phenols is 1. The van der Waals surface area contributed by atoms with Gasteiger partial charge in [-0.3, -0.25) is 4.79 Å². The van der Waals surface area contributed by atoms with Crippen LogP contribution in [0.4, 0.5) is 5.69 Å². The van der Waals surface area contributed by atoms with Gasteiger partial charge in [0.15, 0.2) is 0 Å². The van der Waals surface area contributed by atoms with Crippen LogP contribution in [-0.2, 0) is 11.2 Å². The van der Waals surface area contributed by atoms with Gasteiger partial charge >= 0.3 is 0 Å². The minimum absolute atomic E-state index is 0.167. The minimum Gasteiger partial charge on any atom is -0.505 e. The smallest absolute Gasteiger partial charge is 0.221 e. The van der Waals surface area contributed by atoms with Gasteiger partial charge in [-0.15, -0.1) is 0 Å². The van der Waals surface area contributed by atoms with Crippen LogP contribution >= 0.6 is 0 Å². The predicted molar refractivity (Wildman–Crippen MR) is 51.8 cm³/mol. The number of amides is 1. The van der Waals surface area contributed by atoms with E-state index in [4.69, 9.17) is 0 Å². The first-order valence-electron chi connectivity index (χ1n) is 4.23. The van der Waals surface area contributed by atoms with E-state index in [-0.39, 0.29) is 11.7 Å². The molecule has 1 rings (SSSR count). The van der Waals surface area contributed by atoms with Crippen molar-refractivity contribution in [3.63, 3.8) is 0 Å². The van der Waals surface area contributed by atoms with Gasteiger partial charge < -0.3 is 10.4 Å². The molecule has 0 bridgehead atoms.